The Morgan fingerprint density at radius 2 is 1.30 bits per heavy atom. The third kappa shape index (κ3) is 9.83. The van der Waals surface area contributed by atoms with E-state index in [0.29, 0.717) is 29.1 Å². The van der Waals surface area contributed by atoms with Crippen LogP contribution in [-0.4, -0.2) is 50.5 Å². The number of thiazole rings is 2. The van der Waals surface area contributed by atoms with Crippen LogP contribution in [0.15, 0.2) is 89.6 Å². The van der Waals surface area contributed by atoms with Crippen molar-refractivity contribution < 1.29 is 47.3 Å². The molecule has 11 nitrogen and oxygen atoms in total. The van der Waals surface area contributed by atoms with Gasteiger partial charge in [0.1, 0.15) is 33.2 Å². The molecule has 57 heavy (non-hydrogen) atoms. The van der Waals surface area contributed by atoms with Gasteiger partial charge in [-0.25, -0.2) is 32.7 Å². The third-order valence-corrected chi connectivity index (χ3v) is 10.7. The summed E-state index contributed by atoms with van der Waals surface area (Å²) in [5, 5.41) is 28.6. The van der Waals surface area contributed by atoms with E-state index in [1.54, 1.807) is 17.5 Å². The number of ether oxygens (including phenoxy) is 1. The van der Waals surface area contributed by atoms with Crippen molar-refractivity contribution in [2.75, 3.05) is 6.61 Å². The number of aromatic nitrogens is 2. The second kappa shape index (κ2) is 17.8. The van der Waals surface area contributed by atoms with E-state index in [4.69, 9.17) is 16.3 Å². The van der Waals surface area contributed by atoms with Crippen molar-refractivity contribution >= 4 is 58.0 Å². The summed E-state index contributed by atoms with van der Waals surface area (Å²) < 4.78 is 48.2. The zero-order chi connectivity index (χ0) is 40.8. The van der Waals surface area contributed by atoms with E-state index in [1.165, 1.54) is 41.0 Å². The van der Waals surface area contributed by atoms with Gasteiger partial charge in [0, 0.05) is 44.6 Å². The number of hydrogen-bond acceptors (Lipinski definition) is 9. The molecule has 2 heterocycles. The molecule has 4 aromatic carbocycles. The monoisotopic (exact) mass is 834 g/mol. The molecule has 6 aromatic rings. The molecule has 0 spiro atoms. The van der Waals surface area contributed by atoms with E-state index in [-0.39, 0.29) is 44.4 Å². The largest absolute Gasteiger partial charge is 0.494 e. The van der Waals surface area contributed by atoms with Gasteiger partial charge in [0.15, 0.2) is 12.1 Å². The first-order valence-corrected chi connectivity index (χ1v) is 19.1. The molecule has 0 saturated heterocycles. The van der Waals surface area contributed by atoms with E-state index in [0.717, 1.165) is 29.0 Å². The minimum Gasteiger partial charge on any atom is -0.494 e. The summed E-state index contributed by atoms with van der Waals surface area (Å²) in [6, 6.07) is 14.8. The van der Waals surface area contributed by atoms with Crippen molar-refractivity contribution in [3.8, 4) is 38.0 Å². The van der Waals surface area contributed by atoms with E-state index >= 15 is 4.39 Å². The molecule has 2 unspecified atom stereocenters. The van der Waals surface area contributed by atoms with Gasteiger partial charge in [0.05, 0.1) is 35.9 Å². The Hall–Kier alpha value is -6.10. The lowest BCUT2D eigenvalue weighted by atomic mass is 9.97. The van der Waals surface area contributed by atoms with E-state index in [9.17, 15) is 38.2 Å². The maximum Gasteiger partial charge on any atom is 0.331 e. The fourth-order valence-corrected chi connectivity index (χ4v) is 7.78. The maximum atomic E-state index is 15.1. The molecule has 2 atom stereocenters. The van der Waals surface area contributed by atoms with E-state index < -0.39 is 65.3 Å². The van der Waals surface area contributed by atoms with E-state index in [1.807, 2.05) is 31.2 Å². The summed E-state index contributed by atoms with van der Waals surface area (Å²) in [6.07, 6.45) is -0.611. The van der Waals surface area contributed by atoms with Crippen LogP contribution < -0.4 is 15.4 Å². The number of nitrogens with zero attached hydrogens (tertiary/aromatic N) is 2. The molecule has 0 aliphatic rings. The lowest BCUT2D eigenvalue weighted by Crippen LogP contribution is -2.35. The van der Waals surface area contributed by atoms with Crippen LogP contribution in [-0.2, 0) is 32.0 Å². The van der Waals surface area contributed by atoms with Crippen molar-refractivity contribution in [1.82, 2.24) is 20.6 Å². The summed E-state index contributed by atoms with van der Waals surface area (Å²) >= 11 is 9.17. The molecule has 0 radical (unpaired) electrons. The molecule has 0 bridgehead atoms. The molecule has 0 saturated carbocycles. The quantitative estimate of drug-likeness (QED) is 0.0801. The smallest absolute Gasteiger partial charge is 0.331 e. The zero-order valence-electron chi connectivity index (χ0n) is 29.6. The number of benzene rings is 4. The summed E-state index contributed by atoms with van der Waals surface area (Å²) in [6.45, 7) is 2.42. The number of hydrogen-bond donors (Lipinski definition) is 4. The van der Waals surface area contributed by atoms with Crippen LogP contribution in [0.2, 0.25) is 5.02 Å². The molecule has 0 aliphatic heterocycles. The standard InChI is InChI=1S/C40H30ClF3N4O7S2/c1-2-55-27-9-6-20(7-10-27)37-45-25(18-56-37)16-33(50)48-36(40(53)54)30-5-3-4-28(34(30)41)21-12-22(14-24(43)13-21)38-46-26(19-57-38)17-32(49)47-35(39(51)52)29-11-8-23(42)15-31(29)44/h3-15,18-19,35-36H,2,16-17H2,1H3,(H,47,49)(H,48,50)(H,51,52)(H,53,54). The summed E-state index contributed by atoms with van der Waals surface area (Å²) in [5.74, 6) is -6.40. The van der Waals surface area contributed by atoms with Gasteiger partial charge >= 0.3 is 11.9 Å². The number of nitrogens with one attached hydrogen (secondary N) is 2. The van der Waals surface area contributed by atoms with Crippen LogP contribution in [0.1, 0.15) is 41.5 Å². The average molecular weight is 835 g/mol. The van der Waals surface area contributed by atoms with Gasteiger partial charge < -0.3 is 25.6 Å². The average Bonchev–Trinajstić information content (AvgIpc) is 3.83. The molecular formula is C40H30ClF3N4O7S2. The van der Waals surface area contributed by atoms with Crippen molar-refractivity contribution in [3.63, 3.8) is 0 Å². The molecule has 17 heteroatoms. The number of carbonyl (C=O) groups excluding carboxylic acids is 2. The predicted octanol–water partition coefficient (Wildman–Crippen LogP) is 8.04. The highest BCUT2D eigenvalue weighted by atomic mass is 35.5. The van der Waals surface area contributed by atoms with Crippen LogP contribution in [0.5, 0.6) is 5.75 Å². The topological polar surface area (TPSA) is 168 Å². The number of carboxylic acids is 2. The lowest BCUT2D eigenvalue weighted by Gasteiger charge is -2.18. The Kier molecular flexibility index (Phi) is 12.7. The zero-order valence-corrected chi connectivity index (χ0v) is 32.0. The highest BCUT2D eigenvalue weighted by Crippen LogP contribution is 2.37. The van der Waals surface area contributed by atoms with Gasteiger partial charge in [-0.2, -0.15) is 0 Å². The normalized spacial score (nSPS) is 12.1. The molecule has 292 valence electrons. The van der Waals surface area contributed by atoms with E-state index in [2.05, 4.69) is 20.6 Å². The van der Waals surface area contributed by atoms with Crippen molar-refractivity contribution in [2.24, 2.45) is 0 Å². The second-order valence-electron chi connectivity index (χ2n) is 12.4. The second-order valence-corrected chi connectivity index (χ2v) is 14.5. The first kappa shape index (κ1) is 40.6. The Labute approximate surface area is 335 Å². The Balaban J connectivity index is 1.16. The highest BCUT2D eigenvalue weighted by Gasteiger charge is 2.28. The van der Waals surface area contributed by atoms with Crippen LogP contribution in [0.25, 0.3) is 32.3 Å². The van der Waals surface area contributed by atoms with Gasteiger partial charge in [0.25, 0.3) is 0 Å². The fourth-order valence-electron chi connectivity index (χ4n) is 5.80. The minimum absolute atomic E-state index is 0.0460. The number of carboxylic acid groups (broad SMARTS) is 2. The lowest BCUT2D eigenvalue weighted by molar-refractivity contribution is -0.142. The van der Waals surface area contributed by atoms with Crippen molar-refractivity contribution in [1.29, 1.82) is 0 Å². The van der Waals surface area contributed by atoms with Gasteiger partial charge in [-0.3, -0.25) is 9.59 Å². The molecule has 6 rings (SSSR count). The van der Waals surface area contributed by atoms with Crippen LogP contribution >= 0.6 is 34.3 Å². The number of carbonyl (C=O) groups is 4. The Bertz CT molecular complexity index is 2480. The summed E-state index contributed by atoms with van der Waals surface area (Å²) in [7, 11) is 0. The number of rotatable bonds is 15. The first-order valence-electron chi connectivity index (χ1n) is 17.0. The molecule has 0 aliphatic carbocycles. The van der Waals surface area contributed by atoms with Gasteiger partial charge in [-0.05, 0) is 61.0 Å². The Morgan fingerprint density at radius 3 is 1.88 bits per heavy atom. The van der Waals surface area contributed by atoms with Crippen LogP contribution in [0.3, 0.4) is 0 Å². The molecule has 2 aromatic heterocycles. The Morgan fingerprint density at radius 1 is 0.719 bits per heavy atom. The van der Waals surface area contributed by atoms with Gasteiger partial charge in [0.2, 0.25) is 11.8 Å². The number of halogens is 4. The molecular weight excluding hydrogens is 805 g/mol. The van der Waals surface area contributed by atoms with Crippen LogP contribution in [0, 0.1) is 17.5 Å². The first-order chi connectivity index (χ1) is 27.3. The minimum atomic E-state index is -1.79. The van der Waals surface area contributed by atoms with Gasteiger partial charge in [-0.15, -0.1) is 22.7 Å². The van der Waals surface area contributed by atoms with Crippen molar-refractivity contribution in [2.45, 2.75) is 31.8 Å². The molecule has 0 fully saturated rings. The molecule has 2 amide bonds. The highest BCUT2D eigenvalue weighted by molar-refractivity contribution is 7.13. The fraction of sp³-hybridized carbons (Fsp3) is 0.150. The SMILES string of the molecule is CCOc1ccc(-c2nc(CC(=O)NC(C(=O)O)c3cccc(-c4cc(F)cc(-c5nc(CC(=O)NC(C(=O)O)c6ccc(F)cc6F)cs5)c4)c3Cl)cs2)cc1. The van der Waals surface area contributed by atoms with Crippen LogP contribution in [0.4, 0.5) is 13.2 Å². The number of amides is 2. The summed E-state index contributed by atoms with van der Waals surface area (Å²) in [5.41, 5.74) is 1.90. The maximum absolute atomic E-state index is 15.1. The summed E-state index contributed by atoms with van der Waals surface area (Å²) in [4.78, 5) is 59.1. The third-order valence-electron chi connectivity index (χ3n) is 8.37. The molecule has 4 N–H and O–H groups in total. The van der Waals surface area contributed by atoms with Crippen molar-refractivity contribution in [3.05, 3.63) is 135 Å². The predicted molar refractivity (Wildman–Crippen MR) is 207 cm³/mol. The number of aliphatic carboxylic acids is 2. The van der Waals surface area contributed by atoms with Gasteiger partial charge in [-0.1, -0.05) is 35.9 Å².